The first-order valence-corrected chi connectivity index (χ1v) is 13.1. The van der Waals surface area contributed by atoms with Crippen molar-refractivity contribution in [2.75, 3.05) is 19.6 Å². The molecule has 1 unspecified atom stereocenters. The van der Waals surface area contributed by atoms with Crippen molar-refractivity contribution in [1.29, 1.82) is 0 Å². The zero-order chi connectivity index (χ0) is 25.5. The maximum Gasteiger partial charge on any atom is 0.254 e. The summed E-state index contributed by atoms with van der Waals surface area (Å²) >= 11 is 6.11. The Morgan fingerprint density at radius 3 is 2.67 bits per heavy atom. The highest BCUT2D eigenvalue weighted by molar-refractivity contribution is 6.30. The lowest BCUT2D eigenvalue weighted by Gasteiger charge is -2.35. The molecular weight excluding hydrogens is 476 g/mol. The second-order valence-electron chi connectivity index (χ2n) is 9.20. The molecule has 1 aliphatic heterocycles. The highest BCUT2D eigenvalue weighted by Gasteiger charge is 2.33. The number of benzene rings is 2. The molecular formula is C28H33ClN4O3. The van der Waals surface area contributed by atoms with E-state index in [4.69, 9.17) is 16.1 Å². The summed E-state index contributed by atoms with van der Waals surface area (Å²) in [6.07, 6.45) is 5.29. The number of piperidine rings is 1. The lowest BCUT2D eigenvalue weighted by atomic mass is 10.0. The zero-order valence-corrected chi connectivity index (χ0v) is 21.7. The van der Waals surface area contributed by atoms with Crippen molar-refractivity contribution in [3.63, 3.8) is 0 Å². The van der Waals surface area contributed by atoms with Crippen molar-refractivity contribution in [2.24, 2.45) is 0 Å². The third-order valence-corrected chi connectivity index (χ3v) is 6.87. The molecule has 0 N–H and O–H groups in total. The second-order valence-corrected chi connectivity index (χ2v) is 9.63. The van der Waals surface area contributed by atoms with E-state index in [1.807, 2.05) is 36.4 Å². The molecule has 1 saturated heterocycles. The molecule has 0 saturated carbocycles. The molecule has 0 aliphatic carbocycles. The molecule has 2 heterocycles. The van der Waals surface area contributed by atoms with Gasteiger partial charge in [-0.05, 0) is 61.9 Å². The fraction of sp³-hybridized carbons (Fsp3) is 0.429. The zero-order valence-electron chi connectivity index (χ0n) is 21.0. The maximum atomic E-state index is 13.5. The molecule has 7 nitrogen and oxygen atoms in total. The lowest BCUT2D eigenvalue weighted by Crippen LogP contribution is -2.46. The molecule has 36 heavy (non-hydrogen) atoms. The van der Waals surface area contributed by atoms with Crippen LogP contribution in [-0.4, -0.2) is 51.4 Å². The van der Waals surface area contributed by atoms with Gasteiger partial charge < -0.3 is 14.3 Å². The van der Waals surface area contributed by atoms with Crippen LogP contribution < -0.4 is 0 Å². The second kappa shape index (κ2) is 12.2. The van der Waals surface area contributed by atoms with E-state index in [1.165, 1.54) is 5.56 Å². The van der Waals surface area contributed by atoms with E-state index in [0.717, 1.165) is 44.1 Å². The predicted octanol–water partition coefficient (Wildman–Crippen LogP) is 5.95. The standard InChI is InChI=1S/C28H33ClN4O3/c1-3-5-16-32(28(35)21-14-12-20(4-2)13-15-21)19-25(34)33-17-7-6-11-24(33)27-30-26(31-36-27)22-9-8-10-23(29)18-22/h8-10,12-15,18,24H,3-7,11,16-17,19H2,1-2H3. The van der Waals surface area contributed by atoms with Gasteiger partial charge in [0.1, 0.15) is 12.6 Å². The van der Waals surface area contributed by atoms with Crippen LogP contribution in [0.1, 0.15) is 73.8 Å². The van der Waals surface area contributed by atoms with Crippen LogP contribution in [0.25, 0.3) is 11.4 Å². The number of amides is 2. The molecule has 8 heteroatoms. The first kappa shape index (κ1) is 25.9. The molecule has 1 atom stereocenters. The van der Waals surface area contributed by atoms with Crippen molar-refractivity contribution in [2.45, 2.75) is 58.4 Å². The fourth-order valence-electron chi connectivity index (χ4n) is 4.52. The van der Waals surface area contributed by atoms with E-state index in [9.17, 15) is 9.59 Å². The van der Waals surface area contributed by atoms with Crippen LogP contribution in [0.2, 0.25) is 5.02 Å². The summed E-state index contributed by atoms with van der Waals surface area (Å²) in [4.78, 5) is 34.9. The van der Waals surface area contributed by atoms with Crippen molar-refractivity contribution < 1.29 is 14.1 Å². The maximum absolute atomic E-state index is 13.5. The minimum atomic E-state index is -0.307. The Bertz CT molecular complexity index is 1180. The highest BCUT2D eigenvalue weighted by atomic mass is 35.5. The SMILES string of the molecule is CCCCN(CC(=O)N1CCCCC1c1nc(-c2cccc(Cl)c2)no1)C(=O)c1ccc(CC)cc1. The number of rotatable bonds is 9. The smallest absolute Gasteiger partial charge is 0.254 e. The number of likely N-dealkylation sites (tertiary alicyclic amines) is 1. The van der Waals surface area contributed by atoms with Gasteiger partial charge in [0.2, 0.25) is 17.6 Å². The molecule has 2 aromatic carbocycles. The van der Waals surface area contributed by atoms with Crippen molar-refractivity contribution in [3.05, 3.63) is 70.6 Å². The number of aromatic nitrogens is 2. The van der Waals surface area contributed by atoms with Gasteiger partial charge in [0.05, 0.1) is 0 Å². The Hall–Kier alpha value is -3.19. The summed E-state index contributed by atoms with van der Waals surface area (Å²) in [7, 11) is 0. The minimum absolute atomic E-state index is 0.0279. The van der Waals surface area contributed by atoms with Crippen molar-refractivity contribution >= 4 is 23.4 Å². The van der Waals surface area contributed by atoms with Gasteiger partial charge in [0, 0.05) is 29.2 Å². The first-order chi connectivity index (χ1) is 17.5. The summed E-state index contributed by atoms with van der Waals surface area (Å²) in [6.45, 7) is 5.32. The number of carbonyl (C=O) groups is 2. The monoisotopic (exact) mass is 508 g/mol. The minimum Gasteiger partial charge on any atom is -0.337 e. The number of aryl methyl sites for hydroxylation is 1. The van der Waals surface area contributed by atoms with Gasteiger partial charge in [0.25, 0.3) is 5.91 Å². The Morgan fingerprint density at radius 1 is 1.14 bits per heavy atom. The van der Waals surface area contributed by atoms with Crippen LogP contribution in [0.3, 0.4) is 0 Å². The fourth-order valence-corrected chi connectivity index (χ4v) is 4.71. The summed E-state index contributed by atoms with van der Waals surface area (Å²) in [6, 6.07) is 14.6. The molecule has 1 fully saturated rings. The highest BCUT2D eigenvalue weighted by Crippen LogP contribution is 2.32. The van der Waals surface area contributed by atoms with Crippen LogP contribution in [0, 0.1) is 0 Å². The molecule has 1 aromatic heterocycles. The molecule has 3 aromatic rings. The summed E-state index contributed by atoms with van der Waals surface area (Å²) in [5.41, 5.74) is 2.54. The summed E-state index contributed by atoms with van der Waals surface area (Å²) in [5, 5.41) is 4.72. The lowest BCUT2D eigenvalue weighted by molar-refractivity contribution is -0.136. The van der Waals surface area contributed by atoms with Gasteiger partial charge in [-0.25, -0.2) is 0 Å². The molecule has 4 rings (SSSR count). The van der Waals surface area contributed by atoms with Crippen molar-refractivity contribution in [1.82, 2.24) is 19.9 Å². The third kappa shape index (κ3) is 6.13. The largest absolute Gasteiger partial charge is 0.337 e. The average molecular weight is 509 g/mol. The third-order valence-electron chi connectivity index (χ3n) is 6.64. The van der Waals surface area contributed by atoms with Crippen LogP contribution in [0.5, 0.6) is 0 Å². The van der Waals surface area contributed by atoms with Gasteiger partial charge in [-0.1, -0.05) is 61.3 Å². The van der Waals surface area contributed by atoms with Gasteiger partial charge in [-0.15, -0.1) is 0 Å². The molecule has 0 bridgehead atoms. The topological polar surface area (TPSA) is 79.5 Å². The summed E-state index contributed by atoms with van der Waals surface area (Å²) < 4.78 is 5.61. The van der Waals surface area contributed by atoms with Gasteiger partial charge in [-0.3, -0.25) is 9.59 Å². The number of halogens is 1. The van der Waals surface area contributed by atoms with Gasteiger partial charge in [0.15, 0.2) is 0 Å². The number of unbranched alkanes of at least 4 members (excludes halogenated alkanes) is 1. The van der Waals surface area contributed by atoms with E-state index >= 15 is 0 Å². The molecule has 2 amide bonds. The van der Waals surface area contributed by atoms with Gasteiger partial charge in [-0.2, -0.15) is 4.98 Å². The van der Waals surface area contributed by atoms with E-state index in [1.54, 1.807) is 21.9 Å². The Kier molecular flexibility index (Phi) is 8.75. The van der Waals surface area contributed by atoms with E-state index in [0.29, 0.717) is 35.4 Å². The number of carbonyl (C=O) groups excluding carboxylic acids is 2. The van der Waals surface area contributed by atoms with Crippen LogP contribution >= 0.6 is 11.6 Å². The van der Waals surface area contributed by atoms with E-state index in [-0.39, 0.29) is 24.4 Å². The molecule has 0 spiro atoms. The Labute approximate surface area is 217 Å². The summed E-state index contributed by atoms with van der Waals surface area (Å²) in [5.74, 6) is 0.645. The number of hydrogen-bond acceptors (Lipinski definition) is 5. The normalized spacial score (nSPS) is 15.6. The predicted molar refractivity (Wildman–Crippen MR) is 140 cm³/mol. The molecule has 1 aliphatic rings. The number of hydrogen-bond donors (Lipinski definition) is 0. The average Bonchev–Trinajstić information content (AvgIpc) is 3.41. The van der Waals surface area contributed by atoms with Crippen molar-refractivity contribution in [3.8, 4) is 11.4 Å². The van der Waals surface area contributed by atoms with Crippen LogP contribution in [0.15, 0.2) is 53.1 Å². The Balaban J connectivity index is 1.51. The quantitative estimate of drug-likeness (QED) is 0.357. The molecule has 0 radical (unpaired) electrons. The van der Waals surface area contributed by atoms with E-state index < -0.39 is 0 Å². The first-order valence-electron chi connectivity index (χ1n) is 12.8. The van der Waals surface area contributed by atoms with Gasteiger partial charge >= 0.3 is 0 Å². The number of nitrogens with zero attached hydrogens (tertiary/aromatic N) is 4. The van der Waals surface area contributed by atoms with Crippen LogP contribution in [0.4, 0.5) is 0 Å². The van der Waals surface area contributed by atoms with E-state index in [2.05, 4.69) is 24.0 Å². The van der Waals surface area contributed by atoms with Crippen LogP contribution in [-0.2, 0) is 11.2 Å². The molecule has 190 valence electrons. The Morgan fingerprint density at radius 2 is 1.94 bits per heavy atom.